The van der Waals surface area contributed by atoms with E-state index in [-0.39, 0.29) is 30.7 Å². The van der Waals surface area contributed by atoms with E-state index in [1.807, 2.05) is 0 Å². The molecule has 2 heterocycles. The number of halogens is 2. The van der Waals surface area contributed by atoms with Crippen LogP contribution in [0.4, 0.5) is 8.78 Å². The molecule has 0 bridgehead atoms. The fourth-order valence-corrected chi connectivity index (χ4v) is 2.66. The van der Waals surface area contributed by atoms with Gasteiger partial charge >= 0.3 is 0 Å². The molecule has 0 radical (unpaired) electrons. The Morgan fingerprint density at radius 2 is 1.86 bits per heavy atom. The molecule has 5 nitrogen and oxygen atoms in total. The zero-order valence-corrected chi connectivity index (χ0v) is 15.8. The molecule has 1 aromatic carbocycles. The van der Waals surface area contributed by atoms with Crippen molar-refractivity contribution in [1.82, 2.24) is 9.55 Å². The maximum Gasteiger partial charge on any atom is 0.218 e. The monoisotopic (exact) mass is 388 g/mol. The summed E-state index contributed by atoms with van der Waals surface area (Å²) in [7, 11) is 0. The van der Waals surface area contributed by atoms with Crippen LogP contribution in [-0.2, 0) is 13.0 Å². The molecule has 1 N–H and O–H groups in total. The zero-order valence-electron chi connectivity index (χ0n) is 15.8. The van der Waals surface area contributed by atoms with Crippen LogP contribution in [0, 0.1) is 11.6 Å². The minimum atomic E-state index is -0.952. The quantitative estimate of drug-likeness (QED) is 0.679. The molecule has 0 unspecified atom stereocenters. The molecule has 0 aliphatic rings. The van der Waals surface area contributed by atoms with Gasteiger partial charge in [0, 0.05) is 24.9 Å². The molecule has 7 heteroatoms. The first-order chi connectivity index (χ1) is 13.4. The molecule has 0 saturated carbocycles. The van der Waals surface area contributed by atoms with E-state index in [4.69, 9.17) is 5.11 Å². The number of hydrogen-bond acceptors (Lipinski definition) is 4. The van der Waals surface area contributed by atoms with Gasteiger partial charge in [0.15, 0.2) is 17.9 Å². The van der Waals surface area contributed by atoms with Crippen LogP contribution in [-0.4, -0.2) is 27.6 Å². The summed E-state index contributed by atoms with van der Waals surface area (Å²) in [4.78, 5) is 27.7. The minimum absolute atomic E-state index is 0.0570. The molecule has 148 valence electrons. The molecule has 3 aromatic rings. The molecular formula is C21H22F2N2O3. The van der Waals surface area contributed by atoms with Gasteiger partial charge < -0.3 is 9.67 Å². The van der Waals surface area contributed by atoms with Crippen molar-refractivity contribution in [3.05, 3.63) is 75.2 Å². The van der Waals surface area contributed by atoms with Crippen LogP contribution in [0.25, 0.3) is 11.0 Å². The number of hydrogen-bond donors (Lipinski definition) is 1. The van der Waals surface area contributed by atoms with E-state index in [9.17, 15) is 18.4 Å². The lowest BCUT2D eigenvalue weighted by atomic mass is 10.1. The van der Waals surface area contributed by atoms with Crippen molar-refractivity contribution in [1.29, 1.82) is 0 Å². The molecule has 0 saturated heterocycles. The second kappa shape index (κ2) is 9.85. The van der Waals surface area contributed by atoms with Crippen LogP contribution in [0.5, 0.6) is 0 Å². The van der Waals surface area contributed by atoms with Crippen molar-refractivity contribution in [3.8, 4) is 0 Å². The van der Waals surface area contributed by atoms with E-state index < -0.39 is 17.1 Å². The van der Waals surface area contributed by atoms with Gasteiger partial charge in [-0.15, -0.1) is 0 Å². The van der Waals surface area contributed by atoms with Crippen LogP contribution >= 0.6 is 0 Å². The summed E-state index contributed by atoms with van der Waals surface area (Å²) in [6, 6.07) is 6.87. The van der Waals surface area contributed by atoms with Gasteiger partial charge in [0.1, 0.15) is 5.52 Å². The van der Waals surface area contributed by atoms with Crippen molar-refractivity contribution in [2.75, 3.05) is 6.61 Å². The summed E-state index contributed by atoms with van der Waals surface area (Å²) < 4.78 is 27.9. The first-order valence-corrected chi connectivity index (χ1v) is 8.98. The van der Waals surface area contributed by atoms with Gasteiger partial charge in [-0.2, -0.15) is 0 Å². The molecule has 0 aliphatic carbocycles. The van der Waals surface area contributed by atoms with Gasteiger partial charge in [-0.05, 0) is 29.8 Å². The smallest absolute Gasteiger partial charge is 0.218 e. The third kappa shape index (κ3) is 4.86. The highest BCUT2D eigenvalue weighted by Crippen LogP contribution is 2.15. The van der Waals surface area contributed by atoms with Crippen molar-refractivity contribution in [2.45, 2.75) is 33.2 Å². The van der Waals surface area contributed by atoms with Crippen LogP contribution in [0.2, 0.25) is 0 Å². The third-order valence-electron chi connectivity index (χ3n) is 3.85. The highest BCUT2D eigenvalue weighted by molar-refractivity contribution is 5.83. The summed E-state index contributed by atoms with van der Waals surface area (Å²) in [6.45, 7) is 4.30. The fourth-order valence-electron chi connectivity index (χ4n) is 2.66. The van der Waals surface area contributed by atoms with Gasteiger partial charge in [-0.1, -0.05) is 26.3 Å². The number of aromatic nitrogens is 2. The van der Waals surface area contributed by atoms with Crippen molar-refractivity contribution < 1.29 is 18.7 Å². The number of benzene rings is 1. The second-order valence-electron chi connectivity index (χ2n) is 6.25. The van der Waals surface area contributed by atoms with Crippen molar-refractivity contribution in [3.63, 3.8) is 0 Å². The van der Waals surface area contributed by atoms with Gasteiger partial charge in [-0.25, -0.2) is 13.8 Å². The number of nitrogens with zero attached hydrogens (tertiary/aromatic N) is 2. The molecule has 0 spiro atoms. The third-order valence-corrected chi connectivity index (χ3v) is 3.85. The summed E-state index contributed by atoms with van der Waals surface area (Å²) in [5.74, 6) is -1.88. The molecular weight excluding hydrogens is 366 g/mol. The number of fused-ring (bicyclic) bond motifs is 1. The lowest BCUT2D eigenvalue weighted by Crippen LogP contribution is -2.17. The minimum Gasteiger partial charge on any atom is -0.395 e. The van der Waals surface area contributed by atoms with Gasteiger partial charge in [-0.3, -0.25) is 9.59 Å². The Labute approximate surface area is 161 Å². The van der Waals surface area contributed by atoms with Gasteiger partial charge in [0.05, 0.1) is 17.7 Å². The summed E-state index contributed by atoms with van der Waals surface area (Å²) in [5.41, 5.74) is 1.00. The van der Waals surface area contributed by atoms with Crippen LogP contribution in [0.15, 0.2) is 41.3 Å². The van der Waals surface area contributed by atoms with Gasteiger partial charge in [0.25, 0.3) is 0 Å². The largest absolute Gasteiger partial charge is 0.395 e. The molecule has 2 aromatic heterocycles. The average Bonchev–Trinajstić information content (AvgIpc) is 2.68. The molecule has 28 heavy (non-hydrogen) atoms. The second-order valence-corrected chi connectivity index (χ2v) is 6.25. The number of rotatable bonds is 5. The van der Waals surface area contributed by atoms with E-state index in [1.165, 1.54) is 18.7 Å². The Balaban J connectivity index is 0.000000878. The number of pyridine rings is 2. The predicted octanol–water partition coefficient (Wildman–Crippen LogP) is 3.49. The number of aliphatic hydroxyl groups excluding tert-OH is 1. The Morgan fingerprint density at radius 3 is 2.46 bits per heavy atom. The predicted molar refractivity (Wildman–Crippen MR) is 104 cm³/mol. The Bertz CT molecular complexity index is 1030. The van der Waals surface area contributed by atoms with Crippen molar-refractivity contribution >= 4 is 17.3 Å². The van der Waals surface area contributed by atoms with Crippen molar-refractivity contribution in [2.24, 2.45) is 0 Å². The van der Waals surface area contributed by atoms with E-state index in [2.05, 4.69) is 18.8 Å². The highest BCUT2D eigenvalue weighted by Gasteiger charge is 2.11. The van der Waals surface area contributed by atoms with E-state index in [0.29, 0.717) is 23.1 Å². The Morgan fingerprint density at radius 1 is 1.14 bits per heavy atom. The van der Waals surface area contributed by atoms with E-state index >= 15 is 0 Å². The first-order valence-electron chi connectivity index (χ1n) is 8.98. The molecule has 0 amide bonds. The average molecular weight is 388 g/mol. The SMILES string of the molecule is CCC.O=Cc1cn(CCO)c2ccc(Cc3ccc(F)c(F)c3)nc2c1=O. The first kappa shape index (κ1) is 21.4. The zero-order chi connectivity index (χ0) is 20.7. The van der Waals surface area contributed by atoms with Crippen LogP contribution in [0.3, 0.4) is 0 Å². The summed E-state index contributed by atoms with van der Waals surface area (Å²) in [5, 5.41) is 9.14. The van der Waals surface area contributed by atoms with E-state index in [1.54, 1.807) is 16.7 Å². The van der Waals surface area contributed by atoms with Gasteiger partial charge in [0.2, 0.25) is 5.43 Å². The molecule has 0 fully saturated rings. The number of carbonyl (C=O) groups is 1. The number of carbonyl (C=O) groups excluding carboxylic acids is 1. The van der Waals surface area contributed by atoms with Crippen LogP contribution in [0.1, 0.15) is 41.9 Å². The molecule has 3 rings (SSSR count). The Hall–Kier alpha value is -2.93. The number of aliphatic hydroxyl groups is 1. The molecule has 0 atom stereocenters. The summed E-state index contributed by atoms with van der Waals surface area (Å²) in [6.07, 6.45) is 3.28. The number of aldehydes is 1. The maximum absolute atomic E-state index is 13.3. The summed E-state index contributed by atoms with van der Waals surface area (Å²) >= 11 is 0. The lowest BCUT2D eigenvalue weighted by molar-refractivity contribution is 0.112. The lowest BCUT2D eigenvalue weighted by Gasteiger charge is -2.11. The normalized spacial score (nSPS) is 10.5. The Kier molecular flexibility index (Phi) is 7.52. The standard InChI is InChI=1S/C18H14F2N2O3.C3H8/c19-14-3-1-11(8-15(14)20)7-13-2-4-16-17(21-13)18(25)12(10-24)9-22(16)5-6-23;1-3-2/h1-4,8-10,23H,5-7H2;3H2,1-2H3. The molecule has 0 aliphatic heterocycles. The maximum atomic E-state index is 13.3. The topological polar surface area (TPSA) is 72.2 Å². The van der Waals surface area contributed by atoms with E-state index in [0.717, 1.165) is 12.1 Å². The fraction of sp³-hybridized carbons (Fsp3) is 0.286. The highest BCUT2D eigenvalue weighted by atomic mass is 19.2. The van der Waals surface area contributed by atoms with Crippen LogP contribution < -0.4 is 5.43 Å².